The summed E-state index contributed by atoms with van der Waals surface area (Å²) in [5.74, 6) is -0.0883. The Morgan fingerprint density at radius 2 is 0.739 bits per heavy atom. The molecule has 0 fully saturated rings. The highest BCUT2D eigenvalue weighted by Gasteiger charge is 2.18. The number of carbonyl (C=O) groups is 2. The molecule has 404 valence electrons. The van der Waals surface area contributed by atoms with Crippen molar-refractivity contribution in [2.45, 2.75) is 328 Å². The number of rotatable bonds is 56. The Balaban J connectivity index is 3.49. The average Bonchev–Trinajstić information content (AvgIpc) is 3.35. The smallest absolute Gasteiger partial charge is 0.305 e. The molecule has 0 bridgehead atoms. The Hall–Kier alpha value is -2.18. The maximum atomic E-state index is 12.5. The summed E-state index contributed by atoms with van der Waals surface area (Å²) >= 11 is 0. The van der Waals surface area contributed by atoms with Gasteiger partial charge in [-0.3, -0.25) is 9.59 Å². The molecule has 0 saturated heterocycles. The molecule has 0 saturated carbocycles. The van der Waals surface area contributed by atoms with Crippen LogP contribution in [0.15, 0.2) is 48.6 Å². The number of esters is 1. The van der Waals surface area contributed by atoms with Gasteiger partial charge in [-0.2, -0.15) is 0 Å². The van der Waals surface area contributed by atoms with Gasteiger partial charge in [0.2, 0.25) is 5.91 Å². The van der Waals surface area contributed by atoms with Crippen LogP contribution in [-0.4, -0.2) is 47.4 Å². The molecule has 0 heterocycles. The maximum Gasteiger partial charge on any atom is 0.305 e. The van der Waals surface area contributed by atoms with Crippen LogP contribution in [0.4, 0.5) is 0 Å². The highest BCUT2D eigenvalue weighted by Crippen LogP contribution is 2.16. The quantitative estimate of drug-likeness (QED) is 0.0321. The van der Waals surface area contributed by atoms with E-state index in [1.807, 2.05) is 6.08 Å². The van der Waals surface area contributed by atoms with Crippen LogP contribution >= 0.6 is 0 Å². The molecular weight excluding hydrogens is 851 g/mol. The standard InChI is InChI=1S/C63H117NO5/c1-3-5-7-9-11-13-15-17-19-20-22-25-28-31-35-39-43-47-51-55-61(66)60(59-65)64-62(67)56-52-48-44-40-36-32-29-26-23-21-24-27-30-34-38-42-46-50-54-58-69-63(68)57-53-49-45-41-37-33-18-16-14-12-10-8-6-4-2/h10,12,16,18,21,23,51,55,60-61,65-66H,3-9,11,13-15,17,19-20,22,24-50,52-54,56-59H2,1-2H3,(H,64,67)/b12-10-,18-16-,23-21-,55-51+. The number of hydrogen-bond acceptors (Lipinski definition) is 5. The Morgan fingerprint density at radius 1 is 0.406 bits per heavy atom. The predicted molar refractivity (Wildman–Crippen MR) is 301 cm³/mol. The van der Waals surface area contributed by atoms with Gasteiger partial charge in [-0.1, -0.05) is 268 Å². The van der Waals surface area contributed by atoms with Gasteiger partial charge in [0.25, 0.3) is 0 Å². The van der Waals surface area contributed by atoms with E-state index < -0.39 is 12.1 Å². The second-order valence-electron chi connectivity index (χ2n) is 20.7. The molecule has 1 amide bonds. The van der Waals surface area contributed by atoms with Crippen LogP contribution in [0.2, 0.25) is 0 Å². The second-order valence-corrected chi connectivity index (χ2v) is 20.7. The Kier molecular flexibility index (Phi) is 56.5. The van der Waals surface area contributed by atoms with Gasteiger partial charge in [-0.05, 0) is 83.5 Å². The molecule has 2 unspecified atom stereocenters. The molecule has 0 aliphatic carbocycles. The molecule has 0 aliphatic rings. The second kappa shape index (κ2) is 58.4. The third-order valence-electron chi connectivity index (χ3n) is 13.8. The normalized spacial score (nSPS) is 12.9. The van der Waals surface area contributed by atoms with Crippen LogP contribution in [0, 0.1) is 0 Å². The van der Waals surface area contributed by atoms with Crippen LogP contribution in [0.25, 0.3) is 0 Å². The van der Waals surface area contributed by atoms with Crippen molar-refractivity contribution in [1.29, 1.82) is 0 Å². The molecule has 6 heteroatoms. The minimum Gasteiger partial charge on any atom is -0.466 e. The first-order chi connectivity index (χ1) is 34.0. The molecule has 3 N–H and O–H groups in total. The van der Waals surface area contributed by atoms with Crippen molar-refractivity contribution in [3.05, 3.63) is 48.6 Å². The van der Waals surface area contributed by atoms with Crippen molar-refractivity contribution >= 4 is 11.9 Å². The van der Waals surface area contributed by atoms with Crippen LogP contribution in [-0.2, 0) is 14.3 Å². The van der Waals surface area contributed by atoms with E-state index >= 15 is 0 Å². The summed E-state index contributed by atoms with van der Waals surface area (Å²) in [6.07, 6.45) is 74.2. The molecule has 0 aromatic rings. The van der Waals surface area contributed by atoms with Crippen molar-refractivity contribution in [2.75, 3.05) is 13.2 Å². The Bertz CT molecular complexity index is 1160. The lowest BCUT2D eigenvalue weighted by atomic mass is 10.0. The fourth-order valence-electron chi connectivity index (χ4n) is 9.12. The van der Waals surface area contributed by atoms with Crippen molar-refractivity contribution in [1.82, 2.24) is 5.32 Å². The Labute approximate surface area is 429 Å². The van der Waals surface area contributed by atoms with Gasteiger partial charge in [0, 0.05) is 12.8 Å². The van der Waals surface area contributed by atoms with Gasteiger partial charge >= 0.3 is 5.97 Å². The van der Waals surface area contributed by atoms with E-state index in [-0.39, 0.29) is 18.5 Å². The zero-order valence-electron chi connectivity index (χ0n) is 46.0. The lowest BCUT2D eigenvalue weighted by Crippen LogP contribution is -2.45. The monoisotopic (exact) mass is 968 g/mol. The number of hydrogen-bond donors (Lipinski definition) is 3. The van der Waals surface area contributed by atoms with Crippen LogP contribution in [0.1, 0.15) is 316 Å². The molecule has 0 spiro atoms. The molecule has 0 aromatic carbocycles. The van der Waals surface area contributed by atoms with Crippen LogP contribution < -0.4 is 5.32 Å². The van der Waals surface area contributed by atoms with Crippen molar-refractivity contribution in [2.24, 2.45) is 0 Å². The zero-order valence-corrected chi connectivity index (χ0v) is 46.0. The number of carbonyl (C=O) groups excluding carboxylic acids is 2. The minimum absolute atomic E-state index is 0.0117. The largest absolute Gasteiger partial charge is 0.466 e. The molecule has 2 atom stereocenters. The molecular formula is C63H117NO5. The molecule has 0 aliphatic heterocycles. The van der Waals surface area contributed by atoms with Gasteiger partial charge in [0.05, 0.1) is 25.4 Å². The third-order valence-corrected chi connectivity index (χ3v) is 13.8. The summed E-state index contributed by atoms with van der Waals surface area (Å²) in [7, 11) is 0. The summed E-state index contributed by atoms with van der Waals surface area (Å²) in [6, 6.07) is -0.637. The molecule has 0 aromatic heterocycles. The number of ether oxygens (including phenoxy) is 1. The number of aliphatic hydroxyl groups excluding tert-OH is 2. The Morgan fingerprint density at radius 3 is 1.16 bits per heavy atom. The van der Waals surface area contributed by atoms with Crippen molar-refractivity contribution in [3.8, 4) is 0 Å². The van der Waals surface area contributed by atoms with Crippen LogP contribution in [0.3, 0.4) is 0 Å². The van der Waals surface area contributed by atoms with E-state index in [0.29, 0.717) is 19.4 Å². The molecule has 69 heavy (non-hydrogen) atoms. The fourth-order valence-corrected chi connectivity index (χ4v) is 9.12. The first kappa shape index (κ1) is 66.8. The van der Waals surface area contributed by atoms with Gasteiger partial charge < -0.3 is 20.3 Å². The van der Waals surface area contributed by atoms with E-state index in [1.54, 1.807) is 6.08 Å². The highest BCUT2D eigenvalue weighted by atomic mass is 16.5. The zero-order chi connectivity index (χ0) is 50.0. The van der Waals surface area contributed by atoms with Crippen molar-refractivity contribution < 1.29 is 24.5 Å². The molecule has 6 nitrogen and oxygen atoms in total. The highest BCUT2D eigenvalue weighted by molar-refractivity contribution is 5.76. The number of nitrogens with one attached hydrogen (secondary N) is 1. The van der Waals surface area contributed by atoms with E-state index in [2.05, 4.69) is 55.6 Å². The first-order valence-corrected chi connectivity index (χ1v) is 30.4. The number of unbranched alkanes of at least 4 members (excludes halogenated alkanes) is 39. The van der Waals surface area contributed by atoms with E-state index in [1.165, 1.54) is 225 Å². The summed E-state index contributed by atoms with van der Waals surface area (Å²) in [6.45, 7) is 4.85. The summed E-state index contributed by atoms with van der Waals surface area (Å²) in [4.78, 5) is 24.5. The van der Waals surface area contributed by atoms with E-state index in [9.17, 15) is 19.8 Å². The summed E-state index contributed by atoms with van der Waals surface area (Å²) < 4.78 is 5.46. The van der Waals surface area contributed by atoms with E-state index in [4.69, 9.17) is 4.74 Å². The summed E-state index contributed by atoms with van der Waals surface area (Å²) in [5.41, 5.74) is 0. The van der Waals surface area contributed by atoms with E-state index in [0.717, 1.165) is 64.2 Å². The SMILES string of the molecule is CCCC/C=C\C/C=C\CCCCCCCC(=O)OCCCCCCCCCC/C=C\CCCCCCCCCC(=O)NC(CO)C(O)/C=C/CCCCCCCCCCCCCCCCCCC. The van der Waals surface area contributed by atoms with Gasteiger partial charge in [0.1, 0.15) is 0 Å². The lowest BCUT2D eigenvalue weighted by Gasteiger charge is -2.20. The fraction of sp³-hybridized carbons (Fsp3) is 0.841. The molecule has 0 radical (unpaired) electrons. The molecule has 0 rings (SSSR count). The number of aliphatic hydroxyl groups is 2. The number of allylic oxidation sites excluding steroid dienone is 7. The lowest BCUT2D eigenvalue weighted by molar-refractivity contribution is -0.143. The predicted octanol–water partition coefficient (Wildman–Crippen LogP) is 19.0. The maximum absolute atomic E-state index is 12.5. The minimum atomic E-state index is -0.852. The number of amides is 1. The van der Waals surface area contributed by atoms with Gasteiger partial charge in [0.15, 0.2) is 0 Å². The van der Waals surface area contributed by atoms with Gasteiger partial charge in [-0.25, -0.2) is 0 Å². The van der Waals surface area contributed by atoms with Crippen molar-refractivity contribution in [3.63, 3.8) is 0 Å². The first-order valence-electron chi connectivity index (χ1n) is 30.4. The third kappa shape index (κ3) is 55.0. The summed E-state index contributed by atoms with van der Waals surface area (Å²) in [5, 5.41) is 23.2. The topological polar surface area (TPSA) is 95.9 Å². The average molecular weight is 969 g/mol. The van der Waals surface area contributed by atoms with Crippen LogP contribution in [0.5, 0.6) is 0 Å². The van der Waals surface area contributed by atoms with Gasteiger partial charge in [-0.15, -0.1) is 0 Å².